The Hall–Kier alpha value is -3.43. The molecule has 3 aromatic rings. The van der Waals surface area contributed by atoms with Crippen molar-refractivity contribution in [2.24, 2.45) is 0 Å². The van der Waals surface area contributed by atoms with Gasteiger partial charge in [-0.1, -0.05) is 36.4 Å². The maximum Gasteiger partial charge on any atom is 0.266 e. The third-order valence-corrected chi connectivity index (χ3v) is 5.23. The minimum absolute atomic E-state index is 0.0205. The van der Waals surface area contributed by atoms with Gasteiger partial charge in [-0.15, -0.1) is 0 Å². The summed E-state index contributed by atoms with van der Waals surface area (Å²) in [6.45, 7) is 3.91. The molecule has 0 aliphatic carbocycles. The van der Waals surface area contributed by atoms with E-state index in [1.807, 2.05) is 38.1 Å². The Morgan fingerprint density at radius 2 is 1.94 bits per heavy atom. The van der Waals surface area contributed by atoms with Crippen molar-refractivity contribution >= 4 is 33.6 Å². The van der Waals surface area contributed by atoms with Crippen LogP contribution in [0.5, 0.6) is 5.75 Å². The first kappa shape index (κ1) is 22.3. The molecule has 0 spiro atoms. The topological polar surface area (TPSA) is 62.1 Å². The first-order valence-corrected chi connectivity index (χ1v) is 10.3. The average Bonchev–Trinajstić information content (AvgIpc) is 2.75. The molecule has 156 valence electrons. The van der Waals surface area contributed by atoms with E-state index in [0.29, 0.717) is 27.0 Å². The largest absolute Gasteiger partial charge is 0.488 e. The number of nitriles is 1. The number of hydrogen-bond acceptors (Lipinski definition) is 3. The lowest BCUT2D eigenvalue weighted by Crippen LogP contribution is -2.14. The third kappa shape index (κ3) is 5.80. The number of aryl methyl sites for hydroxylation is 2. The van der Waals surface area contributed by atoms with E-state index in [1.54, 1.807) is 36.4 Å². The smallest absolute Gasteiger partial charge is 0.266 e. The van der Waals surface area contributed by atoms with Crippen molar-refractivity contribution in [2.75, 3.05) is 5.32 Å². The number of benzene rings is 3. The Balaban J connectivity index is 1.74. The molecule has 0 saturated carbocycles. The molecule has 0 bridgehead atoms. The molecule has 0 saturated heterocycles. The lowest BCUT2D eigenvalue weighted by atomic mass is 10.1. The molecular formula is C25H20BrFN2O2. The van der Waals surface area contributed by atoms with Crippen molar-refractivity contribution in [3.05, 3.63) is 98.8 Å². The molecule has 3 rings (SSSR count). The number of amides is 1. The van der Waals surface area contributed by atoms with Crippen LogP contribution in [0, 0.1) is 31.0 Å². The van der Waals surface area contributed by atoms with Crippen molar-refractivity contribution < 1.29 is 13.9 Å². The number of halogens is 2. The van der Waals surface area contributed by atoms with Crippen molar-refractivity contribution in [1.82, 2.24) is 0 Å². The molecule has 0 unspecified atom stereocenters. The van der Waals surface area contributed by atoms with Crippen LogP contribution in [0.3, 0.4) is 0 Å². The summed E-state index contributed by atoms with van der Waals surface area (Å²) in [6, 6.07) is 19.3. The van der Waals surface area contributed by atoms with Gasteiger partial charge in [-0.3, -0.25) is 4.79 Å². The van der Waals surface area contributed by atoms with Crippen molar-refractivity contribution in [3.8, 4) is 11.8 Å². The van der Waals surface area contributed by atoms with Gasteiger partial charge in [0, 0.05) is 11.3 Å². The average molecular weight is 479 g/mol. The van der Waals surface area contributed by atoms with Crippen molar-refractivity contribution in [1.29, 1.82) is 5.26 Å². The minimum Gasteiger partial charge on any atom is -0.488 e. The van der Waals surface area contributed by atoms with Crippen LogP contribution in [-0.2, 0) is 11.4 Å². The van der Waals surface area contributed by atoms with E-state index in [4.69, 9.17) is 4.74 Å². The van der Waals surface area contributed by atoms with Gasteiger partial charge in [-0.2, -0.15) is 5.26 Å². The summed E-state index contributed by atoms with van der Waals surface area (Å²) >= 11 is 3.43. The molecule has 0 aromatic heterocycles. The highest BCUT2D eigenvalue weighted by Crippen LogP contribution is 2.28. The Morgan fingerprint density at radius 1 is 1.16 bits per heavy atom. The van der Waals surface area contributed by atoms with E-state index < -0.39 is 5.91 Å². The number of anilines is 1. The number of rotatable bonds is 6. The van der Waals surface area contributed by atoms with Crippen LogP contribution in [0.1, 0.15) is 22.3 Å². The molecule has 0 aliphatic heterocycles. The molecule has 3 aromatic carbocycles. The number of carbonyl (C=O) groups is 1. The SMILES string of the molecule is Cc1ccc(C)c(NC(=O)/C(C#N)=C/c2ccc(OCc3ccccc3F)c(Br)c2)c1. The van der Waals surface area contributed by atoms with Gasteiger partial charge in [0.25, 0.3) is 5.91 Å². The third-order valence-electron chi connectivity index (χ3n) is 4.61. The standard InChI is InChI=1S/C25H20BrFN2O2/c1-16-7-8-17(2)23(11-16)29-25(30)20(14-28)12-18-9-10-24(21(26)13-18)31-15-19-5-3-4-6-22(19)27/h3-13H,15H2,1-2H3,(H,29,30)/b20-12+. The molecule has 1 amide bonds. The number of nitrogens with zero attached hydrogens (tertiary/aromatic N) is 1. The van der Waals surface area contributed by atoms with Crippen LogP contribution < -0.4 is 10.1 Å². The van der Waals surface area contributed by atoms with E-state index in [1.165, 1.54) is 12.1 Å². The van der Waals surface area contributed by atoms with Gasteiger partial charge in [0.15, 0.2) is 0 Å². The summed E-state index contributed by atoms with van der Waals surface area (Å²) < 4.78 is 20.1. The predicted molar refractivity (Wildman–Crippen MR) is 123 cm³/mol. The van der Waals surface area contributed by atoms with E-state index in [2.05, 4.69) is 21.2 Å². The maximum absolute atomic E-state index is 13.8. The number of carbonyl (C=O) groups excluding carboxylic acids is 1. The molecular weight excluding hydrogens is 459 g/mol. The molecule has 0 heterocycles. The fourth-order valence-electron chi connectivity index (χ4n) is 2.87. The Kier molecular flexibility index (Phi) is 7.22. The highest BCUT2D eigenvalue weighted by molar-refractivity contribution is 9.10. The molecule has 1 N–H and O–H groups in total. The van der Waals surface area contributed by atoms with E-state index in [0.717, 1.165) is 11.1 Å². The predicted octanol–water partition coefficient (Wildman–Crippen LogP) is 6.33. The summed E-state index contributed by atoms with van der Waals surface area (Å²) in [5, 5.41) is 12.3. The minimum atomic E-state index is -0.479. The fourth-order valence-corrected chi connectivity index (χ4v) is 3.38. The quantitative estimate of drug-likeness (QED) is 0.332. The highest BCUT2D eigenvalue weighted by atomic mass is 79.9. The number of hydrogen-bond donors (Lipinski definition) is 1. The zero-order chi connectivity index (χ0) is 22.4. The normalized spacial score (nSPS) is 11.0. The monoisotopic (exact) mass is 478 g/mol. The van der Waals surface area contributed by atoms with Gasteiger partial charge < -0.3 is 10.1 Å². The van der Waals surface area contributed by atoms with Gasteiger partial charge in [0.05, 0.1) is 4.47 Å². The molecule has 31 heavy (non-hydrogen) atoms. The summed E-state index contributed by atoms with van der Waals surface area (Å²) in [5.74, 6) is -0.280. The Bertz CT molecular complexity index is 1200. The summed E-state index contributed by atoms with van der Waals surface area (Å²) in [5.41, 5.74) is 3.68. The summed E-state index contributed by atoms with van der Waals surface area (Å²) in [4.78, 5) is 12.6. The second kappa shape index (κ2) is 10.1. The van der Waals surface area contributed by atoms with Crippen LogP contribution in [-0.4, -0.2) is 5.91 Å². The van der Waals surface area contributed by atoms with Gasteiger partial charge in [0.1, 0.15) is 29.8 Å². The molecule has 6 heteroatoms. The Labute approximate surface area is 189 Å². The van der Waals surface area contributed by atoms with Crippen LogP contribution in [0.25, 0.3) is 6.08 Å². The van der Waals surface area contributed by atoms with E-state index in [-0.39, 0.29) is 18.0 Å². The van der Waals surface area contributed by atoms with E-state index in [9.17, 15) is 14.4 Å². The van der Waals surface area contributed by atoms with Crippen LogP contribution in [0.4, 0.5) is 10.1 Å². The Morgan fingerprint density at radius 3 is 2.65 bits per heavy atom. The van der Waals surface area contributed by atoms with E-state index >= 15 is 0 Å². The van der Waals surface area contributed by atoms with Crippen LogP contribution in [0.2, 0.25) is 0 Å². The van der Waals surface area contributed by atoms with Crippen molar-refractivity contribution in [3.63, 3.8) is 0 Å². The van der Waals surface area contributed by atoms with Crippen LogP contribution in [0.15, 0.2) is 70.7 Å². The summed E-state index contributed by atoms with van der Waals surface area (Å²) in [7, 11) is 0. The van der Waals surface area contributed by atoms with Crippen LogP contribution >= 0.6 is 15.9 Å². The number of nitrogens with one attached hydrogen (secondary N) is 1. The maximum atomic E-state index is 13.8. The fraction of sp³-hybridized carbons (Fsp3) is 0.120. The zero-order valence-electron chi connectivity index (χ0n) is 17.1. The van der Waals surface area contributed by atoms with Crippen molar-refractivity contribution in [2.45, 2.75) is 20.5 Å². The summed E-state index contributed by atoms with van der Waals surface area (Å²) in [6.07, 6.45) is 1.51. The van der Waals surface area contributed by atoms with Gasteiger partial charge in [0.2, 0.25) is 0 Å². The van der Waals surface area contributed by atoms with Gasteiger partial charge >= 0.3 is 0 Å². The second-order valence-electron chi connectivity index (χ2n) is 7.01. The lowest BCUT2D eigenvalue weighted by molar-refractivity contribution is -0.112. The molecule has 0 radical (unpaired) electrons. The van der Waals surface area contributed by atoms with Gasteiger partial charge in [-0.25, -0.2) is 4.39 Å². The van der Waals surface area contributed by atoms with Gasteiger partial charge in [-0.05, 0) is 76.8 Å². The lowest BCUT2D eigenvalue weighted by Gasteiger charge is -2.10. The number of ether oxygens (including phenoxy) is 1. The molecule has 0 aliphatic rings. The first-order valence-electron chi connectivity index (χ1n) is 9.53. The molecule has 0 atom stereocenters. The molecule has 0 fully saturated rings. The highest BCUT2D eigenvalue weighted by Gasteiger charge is 2.12. The zero-order valence-corrected chi connectivity index (χ0v) is 18.7. The second-order valence-corrected chi connectivity index (χ2v) is 7.87. The molecule has 4 nitrogen and oxygen atoms in total. The first-order chi connectivity index (χ1) is 14.9.